The first kappa shape index (κ1) is 35.7. The maximum absolute atomic E-state index is 15.4. The number of benzene rings is 2. The van der Waals surface area contributed by atoms with Gasteiger partial charge in [0.05, 0.1) is 23.1 Å². The molecule has 4 aromatic rings. The summed E-state index contributed by atoms with van der Waals surface area (Å²) in [6, 6.07) is 12.8. The molecule has 2 aromatic heterocycles. The fourth-order valence-electron chi connectivity index (χ4n) is 4.74. The highest BCUT2D eigenvalue weighted by Gasteiger charge is 2.24. The highest BCUT2D eigenvalue weighted by atomic mass is 19.1. The van der Waals surface area contributed by atoms with E-state index in [4.69, 9.17) is 15.2 Å². The van der Waals surface area contributed by atoms with Gasteiger partial charge >= 0.3 is 5.97 Å². The van der Waals surface area contributed by atoms with Crippen molar-refractivity contribution in [1.29, 1.82) is 0 Å². The third kappa shape index (κ3) is 8.81. The molecule has 0 aliphatic rings. The second kappa shape index (κ2) is 14.3. The zero-order valence-electron chi connectivity index (χ0n) is 28.1. The highest BCUT2D eigenvalue weighted by molar-refractivity contribution is 6.06. The molecule has 0 radical (unpaired) electrons. The first-order valence-corrected chi connectivity index (χ1v) is 15.2. The third-order valence-electron chi connectivity index (χ3n) is 7.26. The molecular weight excluding hydrogens is 619 g/mol. The molecule has 0 aliphatic heterocycles. The van der Waals surface area contributed by atoms with Crippen LogP contribution in [0.5, 0.6) is 5.75 Å². The van der Waals surface area contributed by atoms with Gasteiger partial charge < -0.3 is 30.9 Å². The smallest absolute Gasteiger partial charge is 0.302 e. The summed E-state index contributed by atoms with van der Waals surface area (Å²) < 4.78 is 27.5. The average molecular weight is 661 g/mol. The predicted molar refractivity (Wildman–Crippen MR) is 181 cm³/mol. The number of pyridine rings is 1. The van der Waals surface area contributed by atoms with Crippen LogP contribution in [0.2, 0.25) is 0 Å². The number of carbonyl (C=O) groups excluding carboxylic acids is 2. The lowest BCUT2D eigenvalue weighted by atomic mass is 9.85. The van der Waals surface area contributed by atoms with E-state index in [0.717, 1.165) is 4.68 Å². The summed E-state index contributed by atoms with van der Waals surface area (Å²) in [6.45, 7) is 10.1. The Balaban J connectivity index is 1.71. The summed E-state index contributed by atoms with van der Waals surface area (Å²) in [7, 11) is 1.48. The van der Waals surface area contributed by atoms with Crippen LogP contribution in [0, 0.1) is 5.82 Å². The number of hydrogen-bond donors (Lipinski definition) is 4. The SMILES string of the molecule is CC(=O)OCc1c(NC(=O)c2c(F)cc(C(C)(C)C)cc2CN)cccc1-c1cc(Nc2ccc(OCC(C)(C)O)cn2)c(=O)n(C)n1. The van der Waals surface area contributed by atoms with E-state index in [9.17, 15) is 19.5 Å². The number of ether oxygens (including phenoxy) is 2. The Kier molecular flexibility index (Phi) is 10.7. The fourth-order valence-corrected chi connectivity index (χ4v) is 4.74. The van der Waals surface area contributed by atoms with Crippen LogP contribution in [-0.2, 0) is 35.1 Å². The number of nitrogens with one attached hydrogen (secondary N) is 2. The van der Waals surface area contributed by atoms with Gasteiger partial charge in [0.2, 0.25) is 0 Å². The Hall–Kier alpha value is -5.14. The number of esters is 1. The van der Waals surface area contributed by atoms with Gasteiger partial charge in [-0.25, -0.2) is 14.1 Å². The molecular formula is C35H41FN6O6. The van der Waals surface area contributed by atoms with E-state index in [1.54, 1.807) is 50.2 Å². The summed E-state index contributed by atoms with van der Waals surface area (Å²) in [6.07, 6.45) is 1.46. The molecule has 48 heavy (non-hydrogen) atoms. The number of rotatable bonds is 11. The Bertz CT molecular complexity index is 1880. The number of anilines is 3. The van der Waals surface area contributed by atoms with Crippen LogP contribution in [0.15, 0.2) is 59.5 Å². The monoisotopic (exact) mass is 660 g/mol. The molecule has 0 bridgehead atoms. The first-order valence-electron chi connectivity index (χ1n) is 15.2. The van der Waals surface area contributed by atoms with Crippen molar-refractivity contribution >= 4 is 29.1 Å². The number of carbonyl (C=O) groups is 2. The van der Waals surface area contributed by atoms with Crippen molar-refractivity contribution < 1.29 is 28.6 Å². The van der Waals surface area contributed by atoms with E-state index in [0.29, 0.717) is 39.5 Å². The van der Waals surface area contributed by atoms with Crippen molar-refractivity contribution in [3.05, 3.63) is 93.2 Å². The number of aliphatic hydroxyl groups is 1. The molecule has 0 spiro atoms. The van der Waals surface area contributed by atoms with Crippen molar-refractivity contribution in [3.63, 3.8) is 0 Å². The van der Waals surface area contributed by atoms with Gasteiger partial charge in [-0.3, -0.25) is 14.4 Å². The van der Waals surface area contributed by atoms with E-state index >= 15 is 4.39 Å². The number of nitrogens with two attached hydrogens (primary N) is 1. The quantitative estimate of drug-likeness (QED) is 0.162. The zero-order valence-corrected chi connectivity index (χ0v) is 28.1. The fraction of sp³-hybridized carbons (Fsp3) is 0.343. The Morgan fingerprint density at radius 2 is 1.79 bits per heavy atom. The molecule has 2 heterocycles. The van der Waals surface area contributed by atoms with Crippen LogP contribution < -0.4 is 26.7 Å². The molecule has 1 amide bonds. The van der Waals surface area contributed by atoms with Crippen LogP contribution >= 0.6 is 0 Å². The van der Waals surface area contributed by atoms with Gasteiger partial charge in [-0.1, -0.05) is 39.0 Å². The van der Waals surface area contributed by atoms with Gasteiger partial charge in [-0.05, 0) is 60.7 Å². The van der Waals surface area contributed by atoms with Crippen LogP contribution in [0.4, 0.5) is 21.6 Å². The van der Waals surface area contributed by atoms with E-state index in [-0.39, 0.29) is 42.1 Å². The van der Waals surface area contributed by atoms with Crippen molar-refractivity contribution in [2.75, 3.05) is 17.2 Å². The minimum absolute atomic E-state index is 0.0624. The van der Waals surface area contributed by atoms with Crippen LogP contribution in [-0.4, -0.2) is 44.0 Å². The highest BCUT2D eigenvalue weighted by Crippen LogP contribution is 2.32. The molecule has 2 aromatic carbocycles. The topological polar surface area (TPSA) is 171 Å². The van der Waals surface area contributed by atoms with Gasteiger partial charge in [0.15, 0.2) is 0 Å². The average Bonchev–Trinajstić information content (AvgIpc) is 3.00. The summed E-state index contributed by atoms with van der Waals surface area (Å²) in [5.41, 5.74) is 6.46. The van der Waals surface area contributed by atoms with E-state index in [1.807, 2.05) is 20.8 Å². The second-order valence-electron chi connectivity index (χ2n) is 13.0. The second-order valence-corrected chi connectivity index (χ2v) is 13.0. The maximum Gasteiger partial charge on any atom is 0.302 e. The van der Waals surface area contributed by atoms with Crippen molar-refractivity contribution in [2.45, 2.75) is 65.7 Å². The van der Waals surface area contributed by atoms with E-state index in [1.165, 1.54) is 32.3 Å². The lowest BCUT2D eigenvalue weighted by Gasteiger charge is -2.22. The molecule has 0 aliphatic carbocycles. The number of aryl methyl sites for hydroxylation is 1. The Labute approximate surface area is 278 Å². The Morgan fingerprint density at radius 3 is 2.40 bits per heavy atom. The maximum atomic E-state index is 15.4. The standard InChI is InChI=1S/C35H41FN6O6/c1-20(43)47-18-25-24(9-8-10-27(25)40-32(44)31-21(16-37)13-22(14-26(31)36)34(2,3)4)28-15-29(33(45)42(7)41-28)39-30-12-11-23(17-38-30)48-19-35(5,6)46/h8-15,17,46H,16,18-19,37H2,1-7H3,(H,38,39)(H,40,44). The van der Waals surface area contributed by atoms with Crippen LogP contribution in [0.1, 0.15) is 68.6 Å². The van der Waals surface area contributed by atoms with Gasteiger partial charge in [-0.2, -0.15) is 5.10 Å². The molecule has 0 unspecified atom stereocenters. The molecule has 254 valence electrons. The van der Waals surface area contributed by atoms with Gasteiger partial charge in [0.1, 0.15) is 36.3 Å². The zero-order chi connectivity index (χ0) is 35.4. The molecule has 12 nitrogen and oxygen atoms in total. The van der Waals surface area contributed by atoms with Gasteiger partial charge in [-0.15, -0.1) is 0 Å². The van der Waals surface area contributed by atoms with Crippen LogP contribution in [0.25, 0.3) is 11.3 Å². The molecule has 4 rings (SSSR count). The molecule has 13 heteroatoms. The lowest BCUT2D eigenvalue weighted by molar-refractivity contribution is -0.142. The largest absolute Gasteiger partial charge is 0.489 e. The van der Waals surface area contributed by atoms with Crippen molar-refractivity contribution in [3.8, 4) is 17.0 Å². The van der Waals surface area contributed by atoms with Crippen molar-refractivity contribution in [2.24, 2.45) is 12.8 Å². The number of halogens is 1. The number of nitrogens with zero attached hydrogens (tertiary/aromatic N) is 3. The molecule has 0 saturated carbocycles. The van der Waals surface area contributed by atoms with Crippen LogP contribution in [0.3, 0.4) is 0 Å². The summed E-state index contributed by atoms with van der Waals surface area (Å²) in [4.78, 5) is 42.8. The number of hydrogen-bond acceptors (Lipinski definition) is 10. The van der Waals surface area contributed by atoms with E-state index in [2.05, 4.69) is 20.7 Å². The molecule has 0 saturated heterocycles. The number of amides is 1. The van der Waals surface area contributed by atoms with E-state index < -0.39 is 28.9 Å². The molecule has 0 atom stereocenters. The third-order valence-corrected chi connectivity index (χ3v) is 7.26. The summed E-state index contributed by atoms with van der Waals surface area (Å²) in [5.74, 6) is -1.22. The summed E-state index contributed by atoms with van der Waals surface area (Å²) >= 11 is 0. The molecule has 5 N–H and O–H groups in total. The Morgan fingerprint density at radius 1 is 1.06 bits per heavy atom. The minimum atomic E-state index is -1.02. The van der Waals surface area contributed by atoms with Gasteiger partial charge in [0.25, 0.3) is 11.5 Å². The predicted octanol–water partition coefficient (Wildman–Crippen LogP) is 4.95. The molecule has 0 fully saturated rings. The normalized spacial score (nSPS) is 11.6. The minimum Gasteiger partial charge on any atom is -0.489 e. The lowest BCUT2D eigenvalue weighted by Crippen LogP contribution is -2.27. The van der Waals surface area contributed by atoms with Crippen molar-refractivity contribution in [1.82, 2.24) is 14.8 Å². The van der Waals surface area contributed by atoms with Gasteiger partial charge in [0, 0.05) is 37.3 Å². The first-order chi connectivity index (χ1) is 22.5. The number of aromatic nitrogens is 3. The summed E-state index contributed by atoms with van der Waals surface area (Å²) in [5, 5.41) is 20.1.